The maximum absolute atomic E-state index is 13.2. The highest BCUT2D eigenvalue weighted by molar-refractivity contribution is 5.81. The van der Waals surface area contributed by atoms with Crippen LogP contribution in [0.1, 0.15) is 51.3 Å². The van der Waals surface area contributed by atoms with Crippen LogP contribution in [0.15, 0.2) is 23.0 Å². The first-order valence-electron chi connectivity index (χ1n) is 9.63. The molecule has 2 bridgehead atoms. The Kier molecular flexibility index (Phi) is 3.96. The first kappa shape index (κ1) is 17.6. The molecule has 1 aliphatic carbocycles. The van der Waals surface area contributed by atoms with E-state index in [2.05, 4.69) is 30.7 Å². The van der Waals surface area contributed by atoms with E-state index in [1.54, 1.807) is 7.11 Å². The van der Waals surface area contributed by atoms with Gasteiger partial charge in [0.2, 0.25) is 0 Å². The fourth-order valence-corrected chi connectivity index (χ4v) is 5.71. The zero-order valence-electron chi connectivity index (χ0n) is 16.6. The Morgan fingerprint density at radius 3 is 2.77 bits per heavy atom. The van der Waals surface area contributed by atoms with E-state index in [9.17, 15) is 4.79 Å². The van der Waals surface area contributed by atoms with Crippen molar-refractivity contribution in [1.29, 1.82) is 0 Å². The number of aryl methyl sites for hydroxylation is 1. The summed E-state index contributed by atoms with van der Waals surface area (Å²) in [7, 11) is 1.64. The topological polar surface area (TPSA) is 45.3 Å². The van der Waals surface area contributed by atoms with Crippen molar-refractivity contribution in [2.45, 2.75) is 59.5 Å². The van der Waals surface area contributed by atoms with Gasteiger partial charge in [0.1, 0.15) is 5.75 Å². The van der Waals surface area contributed by atoms with Crippen LogP contribution in [0.4, 0.5) is 0 Å². The molecule has 1 saturated carbocycles. The van der Waals surface area contributed by atoms with Crippen molar-refractivity contribution in [3.05, 3.63) is 39.7 Å². The van der Waals surface area contributed by atoms with Gasteiger partial charge >= 0.3 is 0 Å². The van der Waals surface area contributed by atoms with Crippen LogP contribution in [0.3, 0.4) is 0 Å². The average Bonchev–Trinajstić information content (AvgIpc) is 2.79. The van der Waals surface area contributed by atoms with Gasteiger partial charge in [-0.3, -0.25) is 9.69 Å². The number of hydrogen-bond acceptors (Lipinski definition) is 3. The summed E-state index contributed by atoms with van der Waals surface area (Å²) in [4.78, 5) is 19.2. The highest BCUT2D eigenvalue weighted by atomic mass is 16.5. The van der Waals surface area contributed by atoms with E-state index in [1.165, 1.54) is 19.3 Å². The van der Waals surface area contributed by atoms with Crippen LogP contribution in [0.2, 0.25) is 0 Å². The van der Waals surface area contributed by atoms with Gasteiger partial charge < -0.3 is 9.72 Å². The summed E-state index contributed by atoms with van der Waals surface area (Å²) in [5.41, 5.74) is 3.68. The number of rotatable bonds is 3. The van der Waals surface area contributed by atoms with Gasteiger partial charge in [-0.25, -0.2) is 0 Å². The molecule has 0 amide bonds. The number of benzene rings is 1. The lowest BCUT2D eigenvalue weighted by Crippen LogP contribution is -2.35. The lowest BCUT2D eigenvalue weighted by molar-refractivity contribution is 0.126. The zero-order valence-corrected chi connectivity index (χ0v) is 16.6. The highest BCUT2D eigenvalue weighted by Gasteiger charge is 2.49. The summed E-state index contributed by atoms with van der Waals surface area (Å²) in [6.45, 7) is 11.1. The van der Waals surface area contributed by atoms with E-state index in [0.29, 0.717) is 16.9 Å². The van der Waals surface area contributed by atoms with Crippen LogP contribution in [0.5, 0.6) is 5.75 Å². The van der Waals surface area contributed by atoms with Crippen LogP contribution in [-0.4, -0.2) is 29.6 Å². The number of ether oxygens (including phenoxy) is 1. The Morgan fingerprint density at radius 1 is 1.27 bits per heavy atom. The van der Waals surface area contributed by atoms with Gasteiger partial charge in [-0.05, 0) is 55.2 Å². The van der Waals surface area contributed by atoms with E-state index < -0.39 is 0 Å². The molecule has 1 aromatic carbocycles. The Hall–Kier alpha value is -1.81. The van der Waals surface area contributed by atoms with Crippen molar-refractivity contribution in [3.63, 3.8) is 0 Å². The standard InChI is InChI=1S/C22H30N2O2/c1-14-18(20(25)17-8-16(26-5)6-7-19(17)23-14)11-24-13-22(4)10-15(24)9-21(2,3)12-22/h6-8,15H,9-13H2,1-5H3,(H,23,25)/t15-,22+/m1/s1. The SMILES string of the molecule is COc1ccc2[nH]c(C)c(CN3C[C@@]4(C)C[C@H]3CC(C)(C)C4)c(=O)c2c1. The molecule has 2 heterocycles. The molecule has 4 heteroatoms. The molecule has 26 heavy (non-hydrogen) atoms. The Bertz CT molecular complexity index is 914. The molecular formula is C22H30N2O2. The molecule has 1 saturated heterocycles. The summed E-state index contributed by atoms with van der Waals surface area (Å²) >= 11 is 0. The largest absolute Gasteiger partial charge is 0.497 e. The minimum absolute atomic E-state index is 0.140. The minimum atomic E-state index is 0.140. The van der Waals surface area contributed by atoms with Crippen LogP contribution >= 0.6 is 0 Å². The average molecular weight is 354 g/mol. The summed E-state index contributed by atoms with van der Waals surface area (Å²) in [6, 6.07) is 6.26. The van der Waals surface area contributed by atoms with Crippen molar-refractivity contribution < 1.29 is 4.74 Å². The molecule has 0 unspecified atom stereocenters. The third-order valence-electron chi connectivity index (χ3n) is 6.40. The number of nitrogens with one attached hydrogen (secondary N) is 1. The second kappa shape index (κ2) is 5.85. The Balaban J connectivity index is 1.71. The first-order valence-corrected chi connectivity index (χ1v) is 9.63. The molecule has 0 radical (unpaired) electrons. The normalized spacial score (nSPS) is 27.8. The van der Waals surface area contributed by atoms with Gasteiger partial charge in [0.05, 0.1) is 7.11 Å². The van der Waals surface area contributed by atoms with Gasteiger partial charge in [-0.1, -0.05) is 20.8 Å². The van der Waals surface area contributed by atoms with Crippen molar-refractivity contribution in [2.24, 2.45) is 10.8 Å². The second-order valence-electron chi connectivity index (χ2n) is 9.59. The van der Waals surface area contributed by atoms with Gasteiger partial charge in [0, 0.05) is 41.3 Å². The lowest BCUT2D eigenvalue weighted by atomic mass is 9.65. The first-order chi connectivity index (χ1) is 12.2. The number of aromatic amines is 1. The number of likely N-dealkylation sites (tertiary alicyclic amines) is 1. The van der Waals surface area contributed by atoms with Crippen LogP contribution in [0.25, 0.3) is 10.9 Å². The van der Waals surface area contributed by atoms with E-state index in [1.807, 2.05) is 25.1 Å². The summed E-state index contributed by atoms with van der Waals surface area (Å²) < 4.78 is 5.31. The van der Waals surface area contributed by atoms with Gasteiger partial charge in [-0.15, -0.1) is 0 Å². The Morgan fingerprint density at radius 2 is 2.04 bits per heavy atom. The maximum Gasteiger partial charge on any atom is 0.194 e. The highest BCUT2D eigenvalue weighted by Crippen LogP contribution is 2.52. The molecule has 1 aliphatic heterocycles. The molecule has 2 aromatic rings. The molecule has 0 spiro atoms. The van der Waals surface area contributed by atoms with E-state index in [0.717, 1.165) is 41.0 Å². The maximum atomic E-state index is 13.2. The van der Waals surface area contributed by atoms with Crippen molar-refractivity contribution >= 4 is 10.9 Å². The van der Waals surface area contributed by atoms with Crippen LogP contribution in [0, 0.1) is 17.8 Å². The molecule has 2 fully saturated rings. The van der Waals surface area contributed by atoms with Gasteiger partial charge in [0.15, 0.2) is 5.43 Å². The molecule has 1 N–H and O–H groups in total. The molecular weight excluding hydrogens is 324 g/mol. The fraction of sp³-hybridized carbons (Fsp3) is 0.591. The summed E-state index contributed by atoms with van der Waals surface area (Å²) in [5.74, 6) is 0.726. The molecule has 140 valence electrons. The predicted molar refractivity (Wildman–Crippen MR) is 106 cm³/mol. The van der Waals surface area contributed by atoms with Crippen molar-refractivity contribution in [1.82, 2.24) is 9.88 Å². The number of H-pyrrole nitrogens is 1. The molecule has 4 nitrogen and oxygen atoms in total. The number of fused-ring (bicyclic) bond motifs is 3. The smallest absolute Gasteiger partial charge is 0.194 e. The number of nitrogens with zero attached hydrogens (tertiary/aromatic N) is 1. The second-order valence-corrected chi connectivity index (χ2v) is 9.59. The number of aromatic nitrogens is 1. The third-order valence-corrected chi connectivity index (χ3v) is 6.40. The van der Waals surface area contributed by atoms with E-state index >= 15 is 0 Å². The molecule has 1 aromatic heterocycles. The summed E-state index contributed by atoms with van der Waals surface area (Å²) in [6.07, 6.45) is 3.76. The quantitative estimate of drug-likeness (QED) is 0.896. The van der Waals surface area contributed by atoms with Crippen LogP contribution in [-0.2, 0) is 6.54 Å². The van der Waals surface area contributed by atoms with Gasteiger partial charge in [0.25, 0.3) is 0 Å². The molecule has 4 rings (SSSR count). The van der Waals surface area contributed by atoms with E-state index in [-0.39, 0.29) is 5.43 Å². The molecule has 2 atom stereocenters. The Labute approximate surface area is 155 Å². The third kappa shape index (κ3) is 2.94. The lowest BCUT2D eigenvalue weighted by Gasteiger charge is -2.40. The number of pyridine rings is 1. The van der Waals surface area contributed by atoms with Crippen molar-refractivity contribution in [2.75, 3.05) is 13.7 Å². The summed E-state index contributed by atoms with van der Waals surface area (Å²) in [5, 5.41) is 0.721. The minimum Gasteiger partial charge on any atom is -0.497 e. The van der Waals surface area contributed by atoms with E-state index in [4.69, 9.17) is 4.74 Å². The van der Waals surface area contributed by atoms with Gasteiger partial charge in [-0.2, -0.15) is 0 Å². The fourth-order valence-electron chi connectivity index (χ4n) is 5.71. The number of hydrogen-bond donors (Lipinski definition) is 1. The van der Waals surface area contributed by atoms with Crippen LogP contribution < -0.4 is 10.2 Å². The zero-order chi connectivity index (χ0) is 18.7. The number of methoxy groups -OCH3 is 1. The monoisotopic (exact) mass is 354 g/mol. The van der Waals surface area contributed by atoms with Crippen molar-refractivity contribution in [3.8, 4) is 5.75 Å². The molecule has 2 aliphatic rings. The predicted octanol–water partition coefficient (Wildman–Crippen LogP) is 4.25.